The van der Waals surface area contributed by atoms with Gasteiger partial charge in [0.05, 0.1) is 12.2 Å². The van der Waals surface area contributed by atoms with Crippen molar-refractivity contribution >= 4 is 5.78 Å². The third-order valence-corrected chi connectivity index (χ3v) is 2.06. The molecular weight excluding hydrogens is 180 g/mol. The fourth-order valence-electron chi connectivity index (χ4n) is 1.29. The van der Waals surface area contributed by atoms with E-state index in [2.05, 4.69) is 0 Å². The van der Waals surface area contributed by atoms with Gasteiger partial charge in [-0.05, 0) is 40.2 Å². The summed E-state index contributed by atoms with van der Waals surface area (Å²) in [6, 6.07) is 0. The monoisotopic (exact) mass is 198 g/mol. The number of rotatable bonds is 2. The van der Waals surface area contributed by atoms with E-state index >= 15 is 0 Å². The van der Waals surface area contributed by atoms with E-state index in [9.17, 15) is 4.79 Å². The molecule has 1 saturated heterocycles. The van der Waals surface area contributed by atoms with Gasteiger partial charge in [0.25, 0.3) is 0 Å². The summed E-state index contributed by atoms with van der Waals surface area (Å²) >= 11 is 0. The Bertz CT molecular complexity index is 249. The summed E-state index contributed by atoms with van der Waals surface area (Å²) in [4.78, 5) is 11.6. The van der Waals surface area contributed by atoms with Crippen LogP contribution in [0.5, 0.6) is 0 Å². The van der Waals surface area contributed by atoms with E-state index in [1.54, 1.807) is 6.08 Å². The van der Waals surface area contributed by atoms with Gasteiger partial charge in [0.2, 0.25) is 12.1 Å². The first-order valence-corrected chi connectivity index (χ1v) is 4.89. The average molecular weight is 198 g/mol. The van der Waals surface area contributed by atoms with E-state index in [1.165, 1.54) is 0 Å². The first-order chi connectivity index (χ1) is 6.41. The zero-order valence-electron chi connectivity index (χ0n) is 9.29. The van der Waals surface area contributed by atoms with E-state index in [0.717, 1.165) is 12.0 Å². The van der Waals surface area contributed by atoms with Gasteiger partial charge in [-0.2, -0.15) is 0 Å². The molecule has 1 rings (SSSR count). The van der Waals surface area contributed by atoms with Gasteiger partial charge in [-0.1, -0.05) is 5.57 Å². The van der Waals surface area contributed by atoms with Crippen molar-refractivity contribution in [3.8, 4) is 0 Å². The highest BCUT2D eigenvalue weighted by molar-refractivity contribution is 5.93. The van der Waals surface area contributed by atoms with Crippen molar-refractivity contribution in [2.24, 2.45) is 0 Å². The molecule has 1 aliphatic rings. The number of carbonyl (C=O) groups excluding carboxylic acids is 1. The Kier molecular flexibility index (Phi) is 3.45. The molecule has 0 amide bonds. The molecule has 1 fully saturated rings. The summed E-state index contributed by atoms with van der Waals surface area (Å²) in [5, 5.41) is 0. The lowest BCUT2D eigenvalue weighted by atomic mass is 10.0. The Morgan fingerprint density at radius 2 is 2.07 bits per heavy atom. The van der Waals surface area contributed by atoms with Gasteiger partial charge in [0.15, 0.2) is 0 Å². The van der Waals surface area contributed by atoms with Gasteiger partial charge in [0, 0.05) is 0 Å². The van der Waals surface area contributed by atoms with Crippen molar-refractivity contribution in [3.63, 3.8) is 0 Å². The molecule has 1 heterocycles. The zero-order valence-corrected chi connectivity index (χ0v) is 9.29. The topological polar surface area (TPSA) is 35.5 Å². The molecule has 3 heteroatoms. The molecule has 0 spiro atoms. The predicted molar refractivity (Wildman–Crippen MR) is 54.0 cm³/mol. The molecule has 3 nitrogen and oxygen atoms in total. The van der Waals surface area contributed by atoms with Crippen LogP contribution < -0.4 is 0 Å². The van der Waals surface area contributed by atoms with Crippen molar-refractivity contribution < 1.29 is 14.3 Å². The standard InChI is InChI=1S/C11H18O3/c1-8(2)7-9(12)10-13-6-5-11(3,4)14-10/h7,10H,5-6H2,1-4H3. The summed E-state index contributed by atoms with van der Waals surface area (Å²) in [6.45, 7) is 8.29. The molecule has 0 N–H and O–H groups in total. The lowest BCUT2D eigenvalue weighted by molar-refractivity contribution is -0.234. The molecule has 0 aromatic carbocycles. The molecule has 0 radical (unpaired) electrons. The second kappa shape index (κ2) is 4.24. The third kappa shape index (κ3) is 3.24. The molecule has 0 aromatic rings. The minimum absolute atomic E-state index is 0.0993. The average Bonchev–Trinajstić information content (AvgIpc) is 2.01. The molecule has 0 saturated carbocycles. The van der Waals surface area contributed by atoms with Crippen LogP contribution in [0.15, 0.2) is 11.6 Å². The van der Waals surface area contributed by atoms with Crippen LogP contribution in [0.1, 0.15) is 34.1 Å². The van der Waals surface area contributed by atoms with Crippen LogP contribution >= 0.6 is 0 Å². The second-order valence-electron chi connectivity index (χ2n) is 4.45. The Morgan fingerprint density at radius 1 is 1.43 bits per heavy atom. The van der Waals surface area contributed by atoms with E-state index in [-0.39, 0.29) is 11.4 Å². The van der Waals surface area contributed by atoms with Crippen LogP contribution in [0, 0.1) is 0 Å². The number of ether oxygens (including phenoxy) is 2. The highest BCUT2D eigenvalue weighted by atomic mass is 16.7. The smallest absolute Gasteiger partial charge is 0.222 e. The Balaban J connectivity index is 2.61. The maximum Gasteiger partial charge on any atom is 0.222 e. The van der Waals surface area contributed by atoms with Crippen molar-refractivity contribution in [1.29, 1.82) is 0 Å². The minimum Gasteiger partial charge on any atom is -0.346 e. The second-order valence-corrected chi connectivity index (χ2v) is 4.45. The Hall–Kier alpha value is -0.670. The predicted octanol–water partition coefficient (Wildman–Crippen LogP) is 2.06. The number of hydrogen-bond acceptors (Lipinski definition) is 3. The van der Waals surface area contributed by atoms with E-state index in [4.69, 9.17) is 9.47 Å². The molecule has 14 heavy (non-hydrogen) atoms. The summed E-state index contributed by atoms with van der Waals surface area (Å²) in [7, 11) is 0. The lowest BCUT2D eigenvalue weighted by Crippen LogP contribution is -2.42. The zero-order chi connectivity index (χ0) is 10.8. The van der Waals surface area contributed by atoms with Crippen molar-refractivity contribution in [2.75, 3.05) is 6.61 Å². The molecule has 0 aliphatic carbocycles. The van der Waals surface area contributed by atoms with Crippen LogP contribution in [0.4, 0.5) is 0 Å². The third-order valence-electron chi connectivity index (χ3n) is 2.06. The Morgan fingerprint density at radius 3 is 2.57 bits per heavy atom. The molecule has 1 aliphatic heterocycles. The molecule has 1 atom stereocenters. The van der Waals surface area contributed by atoms with Crippen LogP contribution in [0.25, 0.3) is 0 Å². The van der Waals surface area contributed by atoms with Crippen LogP contribution in [0.3, 0.4) is 0 Å². The van der Waals surface area contributed by atoms with Crippen LogP contribution in [-0.4, -0.2) is 24.3 Å². The largest absolute Gasteiger partial charge is 0.346 e. The van der Waals surface area contributed by atoms with Gasteiger partial charge in [0.1, 0.15) is 0 Å². The van der Waals surface area contributed by atoms with E-state index < -0.39 is 6.29 Å². The number of carbonyl (C=O) groups is 1. The van der Waals surface area contributed by atoms with Crippen LogP contribution in [0.2, 0.25) is 0 Å². The normalized spacial score (nSPS) is 25.6. The first kappa shape index (κ1) is 11.4. The number of hydrogen-bond donors (Lipinski definition) is 0. The van der Waals surface area contributed by atoms with Crippen molar-refractivity contribution in [2.45, 2.75) is 46.0 Å². The van der Waals surface area contributed by atoms with Gasteiger partial charge >= 0.3 is 0 Å². The van der Waals surface area contributed by atoms with E-state index in [1.807, 2.05) is 27.7 Å². The van der Waals surface area contributed by atoms with Gasteiger partial charge < -0.3 is 9.47 Å². The minimum atomic E-state index is -0.714. The maximum atomic E-state index is 11.6. The molecule has 80 valence electrons. The van der Waals surface area contributed by atoms with Crippen LogP contribution in [-0.2, 0) is 14.3 Å². The highest BCUT2D eigenvalue weighted by Gasteiger charge is 2.32. The number of allylic oxidation sites excluding steroid dienone is 1. The SMILES string of the molecule is CC(C)=CC(=O)C1OCCC(C)(C)O1. The first-order valence-electron chi connectivity index (χ1n) is 4.89. The summed E-state index contributed by atoms with van der Waals surface area (Å²) < 4.78 is 10.8. The molecular formula is C11H18O3. The number of ketones is 1. The van der Waals surface area contributed by atoms with Gasteiger partial charge in [-0.15, -0.1) is 0 Å². The van der Waals surface area contributed by atoms with Gasteiger partial charge in [-0.25, -0.2) is 0 Å². The Labute approximate surface area is 85.1 Å². The van der Waals surface area contributed by atoms with Gasteiger partial charge in [-0.3, -0.25) is 4.79 Å². The maximum absolute atomic E-state index is 11.6. The molecule has 0 bridgehead atoms. The fraction of sp³-hybridized carbons (Fsp3) is 0.727. The summed E-state index contributed by atoms with van der Waals surface area (Å²) in [5.74, 6) is -0.0993. The summed E-state index contributed by atoms with van der Waals surface area (Å²) in [5.41, 5.74) is 0.708. The molecule has 0 aromatic heterocycles. The van der Waals surface area contributed by atoms with Crippen molar-refractivity contribution in [3.05, 3.63) is 11.6 Å². The summed E-state index contributed by atoms with van der Waals surface area (Å²) in [6.07, 6.45) is 1.67. The lowest BCUT2D eigenvalue weighted by Gasteiger charge is -2.34. The fourth-order valence-corrected chi connectivity index (χ4v) is 1.29. The quantitative estimate of drug-likeness (QED) is 0.637. The van der Waals surface area contributed by atoms with Crippen molar-refractivity contribution in [1.82, 2.24) is 0 Å². The molecule has 1 unspecified atom stereocenters. The van der Waals surface area contributed by atoms with E-state index in [0.29, 0.717) is 6.61 Å². The highest BCUT2D eigenvalue weighted by Crippen LogP contribution is 2.23.